The number of aromatic nitrogens is 2. The van der Waals surface area contributed by atoms with Gasteiger partial charge in [0.15, 0.2) is 5.82 Å². The van der Waals surface area contributed by atoms with E-state index in [1.165, 1.54) is 11.5 Å². The number of hydrogen-bond donors (Lipinski definition) is 0. The molecule has 5 heteroatoms. The fourth-order valence-corrected chi connectivity index (χ4v) is 1.86. The Hall–Kier alpha value is -1.46. The van der Waals surface area contributed by atoms with E-state index >= 15 is 0 Å². The van der Waals surface area contributed by atoms with Gasteiger partial charge in [-0.05, 0) is 0 Å². The molecule has 0 radical (unpaired) electrons. The molecule has 0 saturated carbocycles. The second-order valence-corrected chi connectivity index (χ2v) is 4.23. The molecule has 16 heavy (non-hydrogen) atoms. The lowest BCUT2D eigenvalue weighted by molar-refractivity contribution is 0.262. The molecule has 2 aromatic rings. The van der Waals surface area contributed by atoms with Gasteiger partial charge in [-0.1, -0.05) is 30.3 Å². The van der Waals surface area contributed by atoms with Crippen molar-refractivity contribution in [3.8, 4) is 16.6 Å². The predicted molar refractivity (Wildman–Crippen MR) is 60.6 cm³/mol. The molecule has 0 amide bonds. The second-order valence-electron chi connectivity index (χ2n) is 3.52. The summed E-state index contributed by atoms with van der Waals surface area (Å²) in [6.07, 6.45) is 0.254. The van der Waals surface area contributed by atoms with E-state index in [1.807, 2.05) is 30.3 Å². The monoisotopic (exact) mass is 234 g/mol. The standard InChI is InChI=1S/C11H10N2O2S/c1-2-4-8(5-3-1)10-12-11(16-13-10)15-7-9-6-14-9/h1-5,9H,6-7H2. The molecule has 0 aliphatic carbocycles. The van der Waals surface area contributed by atoms with Crippen LogP contribution in [0.3, 0.4) is 0 Å². The minimum absolute atomic E-state index is 0.254. The quantitative estimate of drug-likeness (QED) is 0.759. The SMILES string of the molecule is c1ccc(-c2nsc(OCC3CO3)n2)cc1. The highest BCUT2D eigenvalue weighted by atomic mass is 32.1. The normalized spacial score (nSPS) is 18.4. The maximum atomic E-state index is 5.45. The molecule has 1 aromatic heterocycles. The third kappa shape index (κ3) is 2.20. The van der Waals surface area contributed by atoms with Crippen LogP contribution < -0.4 is 4.74 Å². The van der Waals surface area contributed by atoms with E-state index in [1.54, 1.807) is 0 Å². The van der Waals surface area contributed by atoms with E-state index in [0.29, 0.717) is 11.8 Å². The highest BCUT2D eigenvalue weighted by Crippen LogP contribution is 2.23. The lowest BCUT2D eigenvalue weighted by Crippen LogP contribution is -2.03. The van der Waals surface area contributed by atoms with E-state index in [4.69, 9.17) is 9.47 Å². The van der Waals surface area contributed by atoms with Crippen LogP contribution in [0.4, 0.5) is 0 Å². The van der Waals surface area contributed by atoms with E-state index < -0.39 is 0 Å². The summed E-state index contributed by atoms with van der Waals surface area (Å²) in [7, 11) is 0. The van der Waals surface area contributed by atoms with Crippen molar-refractivity contribution in [3.05, 3.63) is 30.3 Å². The summed E-state index contributed by atoms with van der Waals surface area (Å²) in [4.78, 5) is 4.31. The van der Waals surface area contributed by atoms with Gasteiger partial charge in [0, 0.05) is 17.1 Å². The van der Waals surface area contributed by atoms with Crippen LogP contribution in [-0.4, -0.2) is 28.7 Å². The highest BCUT2D eigenvalue weighted by molar-refractivity contribution is 7.07. The molecule has 82 valence electrons. The zero-order valence-corrected chi connectivity index (χ0v) is 9.31. The minimum Gasteiger partial charge on any atom is -0.466 e. The van der Waals surface area contributed by atoms with Crippen molar-refractivity contribution in [1.29, 1.82) is 0 Å². The summed E-state index contributed by atoms with van der Waals surface area (Å²) in [6, 6.07) is 9.87. The number of ether oxygens (including phenoxy) is 2. The fraction of sp³-hybridized carbons (Fsp3) is 0.273. The molecule has 1 saturated heterocycles. The molecular weight excluding hydrogens is 224 g/mol. The molecule has 1 atom stereocenters. The molecule has 2 heterocycles. The maximum absolute atomic E-state index is 5.45. The summed E-state index contributed by atoms with van der Waals surface area (Å²) >= 11 is 1.28. The average Bonchev–Trinajstić information content (AvgIpc) is 3.05. The average molecular weight is 234 g/mol. The van der Waals surface area contributed by atoms with Gasteiger partial charge in [-0.15, -0.1) is 0 Å². The highest BCUT2D eigenvalue weighted by Gasteiger charge is 2.23. The summed E-state index contributed by atoms with van der Waals surface area (Å²) in [5.41, 5.74) is 1.01. The van der Waals surface area contributed by atoms with Crippen LogP contribution in [0.2, 0.25) is 0 Å². The van der Waals surface area contributed by atoms with Gasteiger partial charge in [0.25, 0.3) is 5.19 Å². The third-order valence-electron chi connectivity index (χ3n) is 2.23. The van der Waals surface area contributed by atoms with Gasteiger partial charge in [-0.3, -0.25) is 0 Å². The summed E-state index contributed by atoms with van der Waals surface area (Å²) in [6.45, 7) is 1.37. The number of nitrogens with zero attached hydrogens (tertiary/aromatic N) is 2. The second kappa shape index (κ2) is 4.19. The molecule has 0 bridgehead atoms. The molecule has 0 spiro atoms. The molecule has 1 aliphatic heterocycles. The van der Waals surface area contributed by atoms with Gasteiger partial charge in [0.05, 0.1) is 6.61 Å². The van der Waals surface area contributed by atoms with Crippen molar-refractivity contribution in [2.24, 2.45) is 0 Å². The Morgan fingerprint density at radius 1 is 1.38 bits per heavy atom. The van der Waals surface area contributed by atoms with Crippen LogP contribution in [0.5, 0.6) is 5.19 Å². The Kier molecular flexibility index (Phi) is 2.55. The Morgan fingerprint density at radius 3 is 2.94 bits per heavy atom. The van der Waals surface area contributed by atoms with Gasteiger partial charge in [-0.25, -0.2) is 0 Å². The van der Waals surface area contributed by atoms with Crippen molar-refractivity contribution in [2.45, 2.75) is 6.10 Å². The lowest BCUT2D eigenvalue weighted by atomic mass is 10.2. The topological polar surface area (TPSA) is 47.5 Å². The Morgan fingerprint density at radius 2 is 2.19 bits per heavy atom. The van der Waals surface area contributed by atoms with Crippen LogP contribution >= 0.6 is 11.5 Å². The number of hydrogen-bond acceptors (Lipinski definition) is 5. The molecule has 1 fully saturated rings. The van der Waals surface area contributed by atoms with Crippen molar-refractivity contribution in [3.63, 3.8) is 0 Å². The van der Waals surface area contributed by atoms with Gasteiger partial charge >= 0.3 is 0 Å². The largest absolute Gasteiger partial charge is 0.466 e. The molecule has 1 aliphatic rings. The maximum Gasteiger partial charge on any atom is 0.293 e. The molecule has 1 unspecified atom stereocenters. The van der Waals surface area contributed by atoms with E-state index in [2.05, 4.69) is 9.36 Å². The van der Waals surface area contributed by atoms with Crippen LogP contribution in [0, 0.1) is 0 Å². The summed E-state index contributed by atoms with van der Waals surface area (Å²) < 4.78 is 14.8. The first-order valence-electron chi connectivity index (χ1n) is 5.05. The van der Waals surface area contributed by atoms with Crippen LogP contribution in [0.1, 0.15) is 0 Å². The Labute approximate surface area is 97.0 Å². The molecule has 0 N–H and O–H groups in total. The lowest BCUT2D eigenvalue weighted by Gasteiger charge is -1.96. The zero-order chi connectivity index (χ0) is 10.8. The minimum atomic E-state index is 0.254. The van der Waals surface area contributed by atoms with Crippen molar-refractivity contribution in [2.75, 3.05) is 13.2 Å². The van der Waals surface area contributed by atoms with Gasteiger partial charge < -0.3 is 9.47 Å². The van der Waals surface area contributed by atoms with E-state index in [0.717, 1.165) is 18.0 Å². The van der Waals surface area contributed by atoms with Crippen molar-refractivity contribution in [1.82, 2.24) is 9.36 Å². The predicted octanol–water partition coefficient (Wildman–Crippen LogP) is 1.98. The van der Waals surface area contributed by atoms with Gasteiger partial charge in [0.1, 0.15) is 12.7 Å². The molecule has 4 nitrogen and oxygen atoms in total. The van der Waals surface area contributed by atoms with Crippen molar-refractivity contribution >= 4 is 11.5 Å². The number of benzene rings is 1. The number of rotatable bonds is 4. The Bertz CT molecular complexity index is 468. The van der Waals surface area contributed by atoms with Crippen LogP contribution in [0.15, 0.2) is 30.3 Å². The zero-order valence-electron chi connectivity index (χ0n) is 8.50. The van der Waals surface area contributed by atoms with E-state index in [9.17, 15) is 0 Å². The fourth-order valence-electron chi connectivity index (χ4n) is 1.30. The van der Waals surface area contributed by atoms with Crippen molar-refractivity contribution < 1.29 is 9.47 Å². The third-order valence-corrected chi connectivity index (χ3v) is 2.86. The molecular formula is C11H10N2O2S. The first-order chi connectivity index (χ1) is 7.92. The Balaban J connectivity index is 1.71. The van der Waals surface area contributed by atoms with E-state index in [-0.39, 0.29) is 6.10 Å². The smallest absolute Gasteiger partial charge is 0.293 e. The van der Waals surface area contributed by atoms with Crippen LogP contribution in [0.25, 0.3) is 11.4 Å². The van der Waals surface area contributed by atoms with Gasteiger partial charge in [-0.2, -0.15) is 9.36 Å². The number of epoxide rings is 1. The van der Waals surface area contributed by atoms with Gasteiger partial charge in [0.2, 0.25) is 0 Å². The first-order valence-corrected chi connectivity index (χ1v) is 5.83. The molecule has 1 aromatic carbocycles. The summed E-state index contributed by atoms with van der Waals surface area (Å²) in [5.74, 6) is 0.720. The molecule has 3 rings (SSSR count). The summed E-state index contributed by atoms with van der Waals surface area (Å²) in [5, 5.41) is 0.606. The van der Waals surface area contributed by atoms with Crippen LogP contribution in [-0.2, 0) is 4.74 Å². The first kappa shape index (κ1) is 9.74.